The van der Waals surface area contributed by atoms with Gasteiger partial charge in [-0.3, -0.25) is 14.9 Å². The average molecular weight is 336 g/mol. The van der Waals surface area contributed by atoms with E-state index in [0.29, 0.717) is 11.9 Å². The fraction of sp³-hybridized carbons (Fsp3) is 0.467. The van der Waals surface area contributed by atoms with Gasteiger partial charge in [0.2, 0.25) is 0 Å². The molecule has 2 N–H and O–H groups in total. The highest BCUT2D eigenvalue weighted by atomic mass is 16.6. The van der Waals surface area contributed by atoms with Gasteiger partial charge in [0.1, 0.15) is 0 Å². The SMILES string of the molecule is CCN(CC)C[C@H](O)CNC(=O)c1noc2cc([N+](=O)[O-])ccc12. The molecule has 1 aromatic heterocycles. The lowest BCUT2D eigenvalue weighted by Crippen LogP contribution is -2.40. The molecule has 2 rings (SSSR count). The van der Waals surface area contributed by atoms with Crippen molar-refractivity contribution in [3.05, 3.63) is 34.0 Å². The molecule has 130 valence electrons. The van der Waals surface area contributed by atoms with Crippen LogP contribution in [0.2, 0.25) is 0 Å². The second kappa shape index (κ2) is 7.84. The highest BCUT2D eigenvalue weighted by molar-refractivity contribution is 6.04. The Bertz CT molecular complexity index is 726. The Labute approximate surface area is 138 Å². The molecule has 0 aliphatic heterocycles. The van der Waals surface area contributed by atoms with Gasteiger partial charge < -0.3 is 19.8 Å². The number of nitro groups is 1. The van der Waals surface area contributed by atoms with E-state index in [2.05, 4.69) is 10.5 Å². The van der Waals surface area contributed by atoms with Crippen LogP contribution < -0.4 is 5.32 Å². The minimum absolute atomic E-state index is 0.0370. The normalized spacial score (nSPS) is 12.5. The molecule has 0 radical (unpaired) electrons. The molecule has 0 unspecified atom stereocenters. The van der Waals surface area contributed by atoms with Crippen molar-refractivity contribution in [2.24, 2.45) is 0 Å². The van der Waals surface area contributed by atoms with Gasteiger partial charge in [0.15, 0.2) is 11.3 Å². The Morgan fingerprint density at radius 2 is 2.17 bits per heavy atom. The number of carbonyl (C=O) groups excluding carboxylic acids is 1. The molecular formula is C15H20N4O5. The second-order valence-corrected chi connectivity index (χ2v) is 5.32. The van der Waals surface area contributed by atoms with Crippen molar-refractivity contribution in [3.8, 4) is 0 Å². The minimum Gasteiger partial charge on any atom is -0.390 e. The average Bonchev–Trinajstić information content (AvgIpc) is 3.00. The first-order chi connectivity index (χ1) is 11.5. The number of amides is 1. The quantitative estimate of drug-likeness (QED) is 0.548. The fourth-order valence-corrected chi connectivity index (χ4v) is 2.34. The number of rotatable bonds is 8. The topological polar surface area (TPSA) is 122 Å². The van der Waals surface area contributed by atoms with Crippen LogP contribution in [0.3, 0.4) is 0 Å². The van der Waals surface area contributed by atoms with Gasteiger partial charge in [0.25, 0.3) is 11.6 Å². The fourth-order valence-electron chi connectivity index (χ4n) is 2.34. The Kier molecular flexibility index (Phi) is 5.83. The van der Waals surface area contributed by atoms with E-state index in [1.165, 1.54) is 18.2 Å². The lowest BCUT2D eigenvalue weighted by molar-refractivity contribution is -0.384. The third kappa shape index (κ3) is 4.06. The van der Waals surface area contributed by atoms with Crippen LogP contribution >= 0.6 is 0 Å². The summed E-state index contributed by atoms with van der Waals surface area (Å²) in [7, 11) is 0. The van der Waals surface area contributed by atoms with Crippen molar-refractivity contribution in [1.82, 2.24) is 15.4 Å². The lowest BCUT2D eigenvalue weighted by Gasteiger charge is -2.21. The molecule has 0 bridgehead atoms. The van der Waals surface area contributed by atoms with Gasteiger partial charge in [0, 0.05) is 19.2 Å². The van der Waals surface area contributed by atoms with E-state index in [4.69, 9.17) is 4.52 Å². The molecule has 2 aromatic rings. The number of carbonyl (C=O) groups is 1. The molecule has 0 fully saturated rings. The number of aromatic nitrogens is 1. The molecule has 0 spiro atoms. The monoisotopic (exact) mass is 336 g/mol. The number of non-ortho nitro benzene ring substituents is 1. The number of aliphatic hydroxyl groups is 1. The molecule has 0 aliphatic carbocycles. The van der Waals surface area contributed by atoms with Crippen LogP contribution in [0.5, 0.6) is 0 Å². The third-order valence-corrected chi connectivity index (χ3v) is 3.74. The maximum absolute atomic E-state index is 12.2. The summed E-state index contributed by atoms with van der Waals surface area (Å²) in [6.45, 7) is 6.16. The molecule has 9 heteroatoms. The summed E-state index contributed by atoms with van der Waals surface area (Å²) in [6.07, 6.45) is -0.701. The Balaban J connectivity index is 2.02. The van der Waals surface area contributed by atoms with Crippen molar-refractivity contribution >= 4 is 22.6 Å². The molecule has 1 atom stereocenters. The summed E-state index contributed by atoms with van der Waals surface area (Å²) in [5.74, 6) is -0.499. The summed E-state index contributed by atoms with van der Waals surface area (Å²) in [4.78, 5) is 24.4. The first kappa shape index (κ1) is 17.8. The van der Waals surface area contributed by atoms with Gasteiger partial charge >= 0.3 is 0 Å². The minimum atomic E-state index is -0.701. The van der Waals surface area contributed by atoms with Crippen molar-refractivity contribution in [2.75, 3.05) is 26.2 Å². The molecule has 9 nitrogen and oxygen atoms in total. The number of hydrogen-bond acceptors (Lipinski definition) is 7. The van der Waals surface area contributed by atoms with Gasteiger partial charge in [0.05, 0.1) is 22.5 Å². The number of aliphatic hydroxyl groups excluding tert-OH is 1. The van der Waals surface area contributed by atoms with Crippen LogP contribution in [0.25, 0.3) is 11.0 Å². The maximum Gasteiger partial charge on any atom is 0.274 e. The Morgan fingerprint density at radius 3 is 2.79 bits per heavy atom. The molecule has 1 heterocycles. The number of nitro benzene ring substituents is 1. The van der Waals surface area contributed by atoms with Crippen molar-refractivity contribution in [2.45, 2.75) is 20.0 Å². The van der Waals surface area contributed by atoms with E-state index in [1.807, 2.05) is 18.7 Å². The first-order valence-corrected chi connectivity index (χ1v) is 7.68. The van der Waals surface area contributed by atoms with Crippen molar-refractivity contribution in [3.63, 3.8) is 0 Å². The number of nitrogens with zero attached hydrogens (tertiary/aromatic N) is 3. The van der Waals surface area contributed by atoms with E-state index in [0.717, 1.165) is 13.1 Å². The summed E-state index contributed by atoms with van der Waals surface area (Å²) in [5.41, 5.74) is 0.0632. The van der Waals surface area contributed by atoms with Gasteiger partial charge in [-0.2, -0.15) is 0 Å². The predicted octanol–water partition coefficient (Wildman–Crippen LogP) is 1.17. The van der Waals surface area contributed by atoms with Gasteiger partial charge in [-0.25, -0.2) is 0 Å². The van der Waals surface area contributed by atoms with E-state index >= 15 is 0 Å². The zero-order valence-corrected chi connectivity index (χ0v) is 13.6. The summed E-state index contributed by atoms with van der Waals surface area (Å²) >= 11 is 0. The first-order valence-electron chi connectivity index (χ1n) is 7.68. The van der Waals surface area contributed by atoms with Gasteiger partial charge in [-0.15, -0.1) is 0 Å². The highest BCUT2D eigenvalue weighted by Gasteiger charge is 2.19. The molecule has 1 aromatic carbocycles. The summed E-state index contributed by atoms with van der Waals surface area (Å²) in [6, 6.07) is 3.92. The number of benzene rings is 1. The van der Waals surface area contributed by atoms with Crippen LogP contribution in [0.15, 0.2) is 22.7 Å². The molecule has 1 amide bonds. The van der Waals surface area contributed by atoms with Crippen LogP contribution in [0.1, 0.15) is 24.3 Å². The number of fused-ring (bicyclic) bond motifs is 1. The number of nitrogens with one attached hydrogen (secondary N) is 1. The second-order valence-electron chi connectivity index (χ2n) is 5.32. The zero-order valence-electron chi connectivity index (χ0n) is 13.6. The smallest absolute Gasteiger partial charge is 0.274 e. The number of likely N-dealkylation sites (N-methyl/N-ethyl adjacent to an activating group) is 1. The van der Waals surface area contributed by atoms with Crippen LogP contribution in [0, 0.1) is 10.1 Å². The molecule has 24 heavy (non-hydrogen) atoms. The number of hydrogen-bond donors (Lipinski definition) is 2. The summed E-state index contributed by atoms with van der Waals surface area (Å²) in [5, 5.41) is 27.3. The van der Waals surface area contributed by atoms with E-state index in [-0.39, 0.29) is 23.5 Å². The molecular weight excluding hydrogens is 316 g/mol. The standard InChI is InChI=1S/C15H20N4O5/c1-3-18(4-2)9-11(20)8-16-15(21)14-12-6-5-10(19(22)23)7-13(12)24-17-14/h5-7,11,20H,3-4,8-9H2,1-2H3,(H,16,21)/t11-/m1/s1. The highest BCUT2D eigenvalue weighted by Crippen LogP contribution is 2.23. The van der Waals surface area contributed by atoms with Crippen LogP contribution in [-0.2, 0) is 0 Å². The summed E-state index contributed by atoms with van der Waals surface area (Å²) < 4.78 is 4.98. The lowest BCUT2D eigenvalue weighted by atomic mass is 10.2. The largest absolute Gasteiger partial charge is 0.390 e. The Morgan fingerprint density at radius 1 is 1.46 bits per heavy atom. The van der Waals surface area contributed by atoms with Crippen LogP contribution in [0.4, 0.5) is 5.69 Å². The van der Waals surface area contributed by atoms with Gasteiger partial charge in [-0.05, 0) is 19.2 Å². The van der Waals surface area contributed by atoms with E-state index < -0.39 is 16.9 Å². The van der Waals surface area contributed by atoms with Gasteiger partial charge in [-0.1, -0.05) is 19.0 Å². The zero-order chi connectivity index (χ0) is 17.7. The predicted molar refractivity (Wildman–Crippen MR) is 86.8 cm³/mol. The van der Waals surface area contributed by atoms with Crippen molar-refractivity contribution in [1.29, 1.82) is 0 Å². The van der Waals surface area contributed by atoms with E-state index in [1.54, 1.807) is 0 Å². The third-order valence-electron chi connectivity index (χ3n) is 3.74. The van der Waals surface area contributed by atoms with Crippen LogP contribution in [-0.4, -0.2) is 58.3 Å². The maximum atomic E-state index is 12.2. The Hall–Kier alpha value is -2.52. The molecule has 0 saturated carbocycles. The molecule has 0 aliphatic rings. The van der Waals surface area contributed by atoms with Crippen molar-refractivity contribution < 1.29 is 19.3 Å². The van der Waals surface area contributed by atoms with E-state index in [9.17, 15) is 20.0 Å². The molecule has 0 saturated heterocycles.